The van der Waals surface area contributed by atoms with Gasteiger partial charge in [-0.2, -0.15) is 0 Å². The van der Waals surface area contributed by atoms with Crippen LogP contribution in [0.25, 0.3) is 5.57 Å². The Labute approximate surface area is 100 Å². The van der Waals surface area contributed by atoms with Crippen LogP contribution >= 0.6 is 0 Å². The van der Waals surface area contributed by atoms with Gasteiger partial charge in [0.1, 0.15) is 12.2 Å². The molecule has 1 nitrogen and oxygen atoms in total. The Morgan fingerprint density at radius 3 is 2.29 bits per heavy atom. The number of rotatable bonds is 1. The second kappa shape index (κ2) is 3.31. The summed E-state index contributed by atoms with van der Waals surface area (Å²) in [4.78, 5) is 0. The van der Waals surface area contributed by atoms with Crippen LogP contribution in [-0.4, -0.2) is 0 Å². The van der Waals surface area contributed by atoms with Gasteiger partial charge in [-0.25, -0.2) is 0 Å². The van der Waals surface area contributed by atoms with E-state index in [0.29, 0.717) is 0 Å². The van der Waals surface area contributed by atoms with Crippen LogP contribution in [0.2, 0.25) is 0 Å². The van der Waals surface area contributed by atoms with Gasteiger partial charge in [0.25, 0.3) is 0 Å². The van der Waals surface area contributed by atoms with Gasteiger partial charge in [-0.15, -0.1) is 0 Å². The minimum atomic E-state index is 0.138. The predicted octanol–water partition coefficient (Wildman–Crippen LogP) is 3.90. The van der Waals surface area contributed by atoms with Gasteiger partial charge >= 0.3 is 0 Å². The Hall–Kier alpha value is -1.86. The van der Waals surface area contributed by atoms with Crippen LogP contribution in [0.15, 0.2) is 60.7 Å². The second-order valence-electron chi connectivity index (χ2n) is 4.55. The summed E-state index contributed by atoms with van der Waals surface area (Å²) in [6.45, 7) is 0. The molecule has 0 saturated heterocycles. The van der Waals surface area contributed by atoms with E-state index in [1.807, 2.05) is 6.07 Å². The summed E-state index contributed by atoms with van der Waals surface area (Å²) in [5.41, 5.74) is 5.25. The van der Waals surface area contributed by atoms with Gasteiger partial charge < -0.3 is 4.74 Å². The van der Waals surface area contributed by atoms with E-state index in [1.54, 1.807) is 0 Å². The summed E-state index contributed by atoms with van der Waals surface area (Å²) >= 11 is 0. The first-order valence-electron chi connectivity index (χ1n) is 5.95. The van der Waals surface area contributed by atoms with E-state index in [2.05, 4.69) is 54.6 Å². The lowest BCUT2D eigenvalue weighted by Gasteiger charge is -2.14. The van der Waals surface area contributed by atoms with Gasteiger partial charge in [-0.05, 0) is 28.3 Å². The Bertz CT molecular complexity index is 598. The molecule has 0 aliphatic carbocycles. The van der Waals surface area contributed by atoms with Crippen molar-refractivity contribution in [2.45, 2.75) is 12.2 Å². The van der Waals surface area contributed by atoms with Gasteiger partial charge in [0.15, 0.2) is 0 Å². The van der Waals surface area contributed by atoms with Crippen LogP contribution in [0.3, 0.4) is 0 Å². The average molecular weight is 220 g/mol. The van der Waals surface area contributed by atoms with Gasteiger partial charge in [0.2, 0.25) is 0 Å². The number of hydrogen-bond acceptors (Lipinski definition) is 1. The summed E-state index contributed by atoms with van der Waals surface area (Å²) < 4.78 is 6.02. The van der Waals surface area contributed by atoms with Crippen molar-refractivity contribution in [2.24, 2.45) is 0 Å². The summed E-state index contributed by atoms with van der Waals surface area (Å²) in [5.74, 6) is 0. The van der Waals surface area contributed by atoms with Gasteiger partial charge in [0.05, 0.1) is 0 Å². The molecule has 2 aromatic rings. The van der Waals surface area contributed by atoms with E-state index in [-0.39, 0.29) is 12.2 Å². The molecule has 2 unspecified atom stereocenters. The monoisotopic (exact) mass is 220 g/mol. The molecule has 0 amide bonds. The van der Waals surface area contributed by atoms with Crippen LogP contribution in [0.4, 0.5) is 0 Å². The molecular formula is C16H12O. The zero-order valence-electron chi connectivity index (χ0n) is 9.34. The molecule has 0 N–H and O–H groups in total. The highest BCUT2D eigenvalue weighted by molar-refractivity contribution is 5.76. The molecular weight excluding hydrogens is 208 g/mol. The van der Waals surface area contributed by atoms with Crippen LogP contribution in [0, 0.1) is 0 Å². The highest BCUT2D eigenvalue weighted by atomic mass is 16.5. The quantitative estimate of drug-likeness (QED) is 0.708. The molecule has 4 rings (SSSR count). The molecule has 82 valence electrons. The van der Waals surface area contributed by atoms with Crippen LogP contribution in [0.1, 0.15) is 28.9 Å². The zero-order chi connectivity index (χ0) is 11.2. The summed E-state index contributed by atoms with van der Waals surface area (Å²) in [7, 11) is 0. The van der Waals surface area contributed by atoms with Crippen molar-refractivity contribution in [2.75, 3.05) is 0 Å². The third-order valence-corrected chi connectivity index (χ3v) is 3.59. The number of benzene rings is 2. The first-order chi connectivity index (χ1) is 8.43. The zero-order valence-corrected chi connectivity index (χ0v) is 9.34. The smallest absolute Gasteiger partial charge is 0.110 e. The normalized spacial score (nSPS) is 24.6. The summed E-state index contributed by atoms with van der Waals surface area (Å²) in [5, 5.41) is 0. The van der Waals surface area contributed by atoms with Crippen molar-refractivity contribution in [3.8, 4) is 0 Å². The molecule has 2 aliphatic heterocycles. The average Bonchev–Trinajstić information content (AvgIpc) is 2.99. The maximum Gasteiger partial charge on any atom is 0.110 e. The minimum Gasteiger partial charge on any atom is -0.357 e. The number of hydrogen-bond donors (Lipinski definition) is 0. The molecule has 0 saturated carbocycles. The van der Waals surface area contributed by atoms with E-state index in [9.17, 15) is 0 Å². The largest absolute Gasteiger partial charge is 0.357 e. The highest BCUT2D eigenvalue weighted by Gasteiger charge is 2.38. The van der Waals surface area contributed by atoms with E-state index < -0.39 is 0 Å². The summed E-state index contributed by atoms with van der Waals surface area (Å²) in [6.07, 6.45) is 2.55. The molecule has 0 radical (unpaired) electrons. The summed E-state index contributed by atoms with van der Waals surface area (Å²) in [6, 6.07) is 19.0. The van der Waals surface area contributed by atoms with Gasteiger partial charge in [0, 0.05) is 0 Å². The molecule has 0 aromatic heterocycles. The highest BCUT2D eigenvalue weighted by Crippen LogP contribution is 2.52. The standard InChI is InChI=1S/C16H12O/c1-2-6-11(7-3-1)14-10-15-12-8-4-5-9-13(12)16(14)17-15/h1-10,15-16H. The minimum absolute atomic E-state index is 0.138. The van der Waals surface area contributed by atoms with Crippen LogP contribution in [-0.2, 0) is 4.74 Å². The fourth-order valence-corrected chi connectivity index (χ4v) is 2.80. The van der Waals surface area contributed by atoms with Crippen molar-refractivity contribution >= 4 is 5.57 Å². The van der Waals surface area contributed by atoms with E-state index in [1.165, 1.54) is 22.3 Å². The van der Waals surface area contributed by atoms with Crippen molar-refractivity contribution in [3.63, 3.8) is 0 Å². The van der Waals surface area contributed by atoms with Crippen molar-refractivity contribution in [1.82, 2.24) is 0 Å². The number of fused-ring (bicyclic) bond motifs is 5. The molecule has 2 heterocycles. The fourth-order valence-electron chi connectivity index (χ4n) is 2.80. The lowest BCUT2D eigenvalue weighted by atomic mass is 9.88. The van der Waals surface area contributed by atoms with Crippen LogP contribution < -0.4 is 0 Å². The number of ether oxygens (including phenoxy) is 1. The Morgan fingerprint density at radius 2 is 1.47 bits per heavy atom. The molecule has 2 bridgehead atoms. The lowest BCUT2D eigenvalue weighted by molar-refractivity contribution is 0.0915. The molecule has 0 fully saturated rings. The van der Waals surface area contributed by atoms with E-state index >= 15 is 0 Å². The first kappa shape index (κ1) is 9.20. The second-order valence-corrected chi connectivity index (χ2v) is 4.55. The third kappa shape index (κ3) is 1.23. The molecule has 2 aromatic carbocycles. The Kier molecular flexibility index (Phi) is 1.79. The topological polar surface area (TPSA) is 9.23 Å². The SMILES string of the molecule is C1=C(c2ccccc2)C2OC1c1ccccc12. The van der Waals surface area contributed by atoms with Gasteiger partial charge in [-0.1, -0.05) is 54.6 Å². The maximum atomic E-state index is 6.02. The van der Waals surface area contributed by atoms with Crippen molar-refractivity contribution in [3.05, 3.63) is 77.4 Å². The Balaban J connectivity index is 1.83. The predicted molar refractivity (Wildman–Crippen MR) is 67.4 cm³/mol. The lowest BCUT2D eigenvalue weighted by Crippen LogP contribution is -1.98. The van der Waals surface area contributed by atoms with Crippen molar-refractivity contribution < 1.29 is 4.74 Å². The third-order valence-electron chi connectivity index (χ3n) is 3.59. The molecule has 17 heavy (non-hydrogen) atoms. The first-order valence-corrected chi connectivity index (χ1v) is 5.95. The molecule has 2 aliphatic rings. The van der Waals surface area contributed by atoms with Crippen LogP contribution in [0.5, 0.6) is 0 Å². The fraction of sp³-hybridized carbons (Fsp3) is 0.125. The van der Waals surface area contributed by atoms with Crippen molar-refractivity contribution in [1.29, 1.82) is 0 Å². The molecule has 2 atom stereocenters. The Morgan fingerprint density at radius 1 is 0.765 bits per heavy atom. The van der Waals surface area contributed by atoms with Gasteiger partial charge in [-0.3, -0.25) is 0 Å². The maximum absolute atomic E-state index is 6.02. The van der Waals surface area contributed by atoms with E-state index in [4.69, 9.17) is 4.74 Å². The molecule has 0 spiro atoms. The molecule has 1 heteroatoms. The van der Waals surface area contributed by atoms with E-state index in [0.717, 1.165) is 0 Å².